The van der Waals surface area contributed by atoms with Gasteiger partial charge in [0.2, 0.25) is 0 Å². The molecule has 0 radical (unpaired) electrons. The molecule has 120 valence electrons. The lowest BCUT2D eigenvalue weighted by atomic mass is 10.1. The van der Waals surface area contributed by atoms with Crippen LogP contribution in [0.25, 0.3) is 11.4 Å². The zero-order valence-corrected chi connectivity index (χ0v) is 12.5. The Hall–Kier alpha value is -3.48. The molecule has 0 atom stereocenters. The van der Waals surface area contributed by atoms with Gasteiger partial charge < -0.3 is 9.67 Å². The number of carboxylic acids is 1. The summed E-state index contributed by atoms with van der Waals surface area (Å²) in [7, 11) is 0. The third kappa shape index (κ3) is 3.14. The lowest BCUT2D eigenvalue weighted by Gasteiger charge is -2.09. The Kier molecular flexibility index (Phi) is 4.07. The van der Waals surface area contributed by atoms with E-state index in [0.29, 0.717) is 17.9 Å². The van der Waals surface area contributed by atoms with Crippen molar-refractivity contribution in [2.24, 2.45) is 0 Å². The van der Waals surface area contributed by atoms with Crippen LogP contribution in [-0.2, 0) is 6.54 Å². The molecule has 1 aromatic heterocycles. The molecule has 3 rings (SSSR count). The average Bonchev–Trinajstić information content (AvgIpc) is 3.03. The van der Waals surface area contributed by atoms with E-state index in [9.17, 15) is 14.9 Å². The molecule has 0 saturated carbocycles. The number of nitrogens with zero attached hydrogens (tertiary/aromatic N) is 3. The number of benzene rings is 2. The first-order valence-corrected chi connectivity index (χ1v) is 7.13. The summed E-state index contributed by atoms with van der Waals surface area (Å²) >= 11 is 0. The number of aromatic nitrogens is 2. The van der Waals surface area contributed by atoms with Crippen LogP contribution in [0.1, 0.15) is 15.9 Å². The molecule has 0 fully saturated rings. The Morgan fingerprint density at radius 3 is 2.75 bits per heavy atom. The Morgan fingerprint density at radius 2 is 2.00 bits per heavy atom. The van der Waals surface area contributed by atoms with Gasteiger partial charge in [-0.05, 0) is 17.7 Å². The maximum Gasteiger partial charge on any atom is 0.335 e. The van der Waals surface area contributed by atoms with Crippen LogP contribution in [0.5, 0.6) is 0 Å². The molecule has 1 heterocycles. The molecular weight excluding hydrogens is 310 g/mol. The molecule has 0 bridgehead atoms. The predicted octanol–water partition coefficient (Wildman–Crippen LogP) is 3.20. The molecule has 7 heteroatoms. The van der Waals surface area contributed by atoms with E-state index in [2.05, 4.69) is 4.98 Å². The Labute approximate surface area is 137 Å². The number of non-ortho nitro benzene ring substituents is 1. The molecular formula is C17H13N3O4. The zero-order valence-electron chi connectivity index (χ0n) is 12.5. The lowest BCUT2D eigenvalue weighted by molar-refractivity contribution is -0.384. The van der Waals surface area contributed by atoms with Crippen LogP contribution >= 0.6 is 0 Å². The van der Waals surface area contributed by atoms with Crippen LogP contribution < -0.4 is 0 Å². The van der Waals surface area contributed by atoms with E-state index in [4.69, 9.17) is 5.11 Å². The van der Waals surface area contributed by atoms with E-state index in [1.807, 2.05) is 10.6 Å². The summed E-state index contributed by atoms with van der Waals surface area (Å²) in [6.45, 7) is 0.416. The Morgan fingerprint density at radius 1 is 1.21 bits per heavy atom. The van der Waals surface area contributed by atoms with Gasteiger partial charge in [-0.2, -0.15) is 0 Å². The molecule has 7 nitrogen and oxygen atoms in total. The van der Waals surface area contributed by atoms with Gasteiger partial charge in [-0.15, -0.1) is 0 Å². The standard InChI is InChI=1S/C17H13N3O4/c21-17(22)14-5-1-3-12(9-14)11-19-8-7-18-16(19)13-4-2-6-15(10-13)20(23)24/h1-10H,11H2,(H,21,22). The number of hydrogen-bond donors (Lipinski definition) is 1. The summed E-state index contributed by atoms with van der Waals surface area (Å²) in [6, 6.07) is 12.9. The minimum absolute atomic E-state index is 0.00470. The van der Waals surface area contributed by atoms with Gasteiger partial charge in [-0.25, -0.2) is 9.78 Å². The number of carbonyl (C=O) groups is 1. The highest BCUT2D eigenvalue weighted by Crippen LogP contribution is 2.23. The first-order chi connectivity index (χ1) is 11.5. The number of nitro groups is 1. The smallest absolute Gasteiger partial charge is 0.335 e. The van der Waals surface area contributed by atoms with Crippen molar-refractivity contribution >= 4 is 11.7 Å². The first kappa shape index (κ1) is 15.4. The van der Waals surface area contributed by atoms with Crippen molar-refractivity contribution in [3.05, 3.63) is 82.2 Å². The van der Waals surface area contributed by atoms with Crippen molar-refractivity contribution in [2.75, 3.05) is 0 Å². The van der Waals surface area contributed by atoms with Gasteiger partial charge >= 0.3 is 5.97 Å². The first-order valence-electron chi connectivity index (χ1n) is 7.13. The maximum atomic E-state index is 11.1. The van der Waals surface area contributed by atoms with Crippen LogP contribution in [0.4, 0.5) is 5.69 Å². The highest BCUT2D eigenvalue weighted by Gasteiger charge is 2.12. The highest BCUT2D eigenvalue weighted by molar-refractivity contribution is 5.87. The molecule has 24 heavy (non-hydrogen) atoms. The summed E-state index contributed by atoms with van der Waals surface area (Å²) in [5, 5.41) is 20.0. The van der Waals surface area contributed by atoms with Crippen LogP contribution in [0.3, 0.4) is 0 Å². The number of hydrogen-bond acceptors (Lipinski definition) is 4. The van der Waals surface area contributed by atoms with Crippen molar-refractivity contribution in [2.45, 2.75) is 6.54 Å². The van der Waals surface area contributed by atoms with E-state index >= 15 is 0 Å². The predicted molar refractivity (Wildman–Crippen MR) is 86.8 cm³/mol. The van der Waals surface area contributed by atoms with Crippen molar-refractivity contribution in [3.63, 3.8) is 0 Å². The van der Waals surface area contributed by atoms with Gasteiger partial charge in [0.05, 0.1) is 10.5 Å². The third-order valence-corrected chi connectivity index (χ3v) is 3.56. The molecule has 0 spiro atoms. The molecule has 0 saturated heterocycles. The number of nitro benzene ring substituents is 1. The van der Waals surface area contributed by atoms with Crippen LogP contribution in [0, 0.1) is 10.1 Å². The number of imidazole rings is 1. The number of aromatic carboxylic acids is 1. The Bertz CT molecular complexity index is 917. The summed E-state index contributed by atoms with van der Waals surface area (Å²) in [5.74, 6) is -0.402. The second-order valence-corrected chi connectivity index (χ2v) is 5.19. The molecule has 3 aromatic rings. The van der Waals surface area contributed by atoms with Gasteiger partial charge in [0.15, 0.2) is 0 Å². The zero-order chi connectivity index (χ0) is 17.1. The maximum absolute atomic E-state index is 11.1. The second kappa shape index (κ2) is 6.33. The van der Waals surface area contributed by atoms with Gasteiger partial charge in [0.25, 0.3) is 5.69 Å². The fourth-order valence-corrected chi connectivity index (χ4v) is 2.46. The monoisotopic (exact) mass is 323 g/mol. The van der Waals surface area contributed by atoms with E-state index in [-0.39, 0.29) is 11.3 Å². The quantitative estimate of drug-likeness (QED) is 0.574. The van der Waals surface area contributed by atoms with E-state index in [1.165, 1.54) is 18.2 Å². The van der Waals surface area contributed by atoms with Gasteiger partial charge in [-0.1, -0.05) is 24.3 Å². The van der Waals surface area contributed by atoms with Gasteiger partial charge in [-0.3, -0.25) is 10.1 Å². The number of carboxylic acid groups (broad SMARTS) is 1. The number of rotatable bonds is 5. The molecule has 0 aliphatic heterocycles. The summed E-state index contributed by atoms with van der Waals surface area (Å²) in [5.41, 5.74) is 1.64. The van der Waals surface area contributed by atoms with Crippen LogP contribution in [0.2, 0.25) is 0 Å². The SMILES string of the molecule is O=C(O)c1cccc(Cn2ccnc2-c2cccc([N+](=O)[O-])c2)c1. The molecule has 2 aromatic carbocycles. The molecule has 0 amide bonds. The normalized spacial score (nSPS) is 10.5. The molecule has 1 N–H and O–H groups in total. The molecule has 0 unspecified atom stereocenters. The van der Waals surface area contributed by atoms with Crippen LogP contribution in [-0.4, -0.2) is 25.6 Å². The average molecular weight is 323 g/mol. The largest absolute Gasteiger partial charge is 0.478 e. The second-order valence-electron chi connectivity index (χ2n) is 5.19. The minimum atomic E-state index is -0.985. The molecule has 0 aliphatic carbocycles. The fourth-order valence-electron chi connectivity index (χ4n) is 2.46. The minimum Gasteiger partial charge on any atom is -0.478 e. The van der Waals surface area contributed by atoms with E-state index < -0.39 is 10.9 Å². The molecule has 0 aliphatic rings. The van der Waals surface area contributed by atoms with Crippen molar-refractivity contribution < 1.29 is 14.8 Å². The lowest BCUT2D eigenvalue weighted by Crippen LogP contribution is -2.03. The van der Waals surface area contributed by atoms with Crippen molar-refractivity contribution in [1.82, 2.24) is 9.55 Å². The van der Waals surface area contributed by atoms with Crippen molar-refractivity contribution in [3.8, 4) is 11.4 Å². The summed E-state index contributed by atoms with van der Waals surface area (Å²) in [6.07, 6.45) is 3.36. The van der Waals surface area contributed by atoms with Crippen LogP contribution in [0.15, 0.2) is 60.9 Å². The Balaban J connectivity index is 1.94. The van der Waals surface area contributed by atoms with Gasteiger partial charge in [0, 0.05) is 36.6 Å². The summed E-state index contributed by atoms with van der Waals surface area (Å²) in [4.78, 5) is 25.8. The third-order valence-electron chi connectivity index (χ3n) is 3.56. The van der Waals surface area contributed by atoms with Crippen molar-refractivity contribution in [1.29, 1.82) is 0 Å². The topological polar surface area (TPSA) is 98.3 Å². The fraction of sp³-hybridized carbons (Fsp3) is 0.0588. The highest BCUT2D eigenvalue weighted by atomic mass is 16.6. The summed E-state index contributed by atoms with van der Waals surface area (Å²) < 4.78 is 1.82. The van der Waals surface area contributed by atoms with Gasteiger partial charge in [0.1, 0.15) is 5.82 Å². The van der Waals surface area contributed by atoms with E-state index in [1.54, 1.807) is 36.7 Å². The van der Waals surface area contributed by atoms with E-state index in [0.717, 1.165) is 5.56 Å².